The molecule has 1 rings (SSSR count). The first kappa shape index (κ1) is 13.1. The minimum atomic E-state index is -0.324. The minimum Gasteiger partial charge on any atom is -0.373 e. The summed E-state index contributed by atoms with van der Waals surface area (Å²) >= 11 is 0. The van der Waals surface area contributed by atoms with Gasteiger partial charge in [0.15, 0.2) is 0 Å². The molecule has 0 amide bonds. The van der Waals surface area contributed by atoms with Gasteiger partial charge in [-0.25, -0.2) is 0 Å². The SMILES string of the molecule is CN(CCC(C)(C)C#N)c1ccccc1C#N. The number of anilines is 1. The van der Waals surface area contributed by atoms with E-state index in [0.717, 1.165) is 18.7 Å². The maximum atomic E-state index is 9.01. The molecule has 0 saturated carbocycles. The van der Waals surface area contributed by atoms with Crippen molar-refractivity contribution in [3.8, 4) is 12.1 Å². The van der Waals surface area contributed by atoms with Gasteiger partial charge in [-0.3, -0.25) is 0 Å². The third-order valence-corrected chi connectivity index (χ3v) is 2.81. The standard InChI is InChI=1S/C14H17N3/c1-14(2,11-16)8-9-17(3)13-7-5-4-6-12(13)10-15/h4-7H,8-9H2,1-3H3. The van der Waals surface area contributed by atoms with Gasteiger partial charge in [0.2, 0.25) is 0 Å². The number of benzene rings is 1. The average molecular weight is 227 g/mol. The smallest absolute Gasteiger partial charge is 0.101 e. The third-order valence-electron chi connectivity index (χ3n) is 2.81. The van der Waals surface area contributed by atoms with Crippen molar-refractivity contribution in [3.63, 3.8) is 0 Å². The topological polar surface area (TPSA) is 50.8 Å². The van der Waals surface area contributed by atoms with Crippen LogP contribution in [0.2, 0.25) is 0 Å². The van der Waals surface area contributed by atoms with Gasteiger partial charge in [-0.1, -0.05) is 12.1 Å². The third kappa shape index (κ3) is 3.50. The number of nitriles is 2. The normalized spacial score (nSPS) is 10.4. The Balaban J connectivity index is 2.75. The van der Waals surface area contributed by atoms with E-state index in [1.807, 2.05) is 44.0 Å². The van der Waals surface area contributed by atoms with Gasteiger partial charge in [0.25, 0.3) is 0 Å². The molecule has 17 heavy (non-hydrogen) atoms. The highest BCUT2D eigenvalue weighted by atomic mass is 15.1. The number of hydrogen-bond acceptors (Lipinski definition) is 3. The van der Waals surface area contributed by atoms with E-state index in [9.17, 15) is 0 Å². The molecule has 88 valence electrons. The van der Waals surface area contributed by atoms with Gasteiger partial charge in [0.05, 0.1) is 22.7 Å². The Morgan fingerprint density at radius 3 is 2.47 bits per heavy atom. The summed E-state index contributed by atoms with van der Waals surface area (Å²) in [7, 11) is 1.95. The molecule has 0 saturated heterocycles. The van der Waals surface area contributed by atoms with E-state index in [1.165, 1.54) is 0 Å². The quantitative estimate of drug-likeness (QED) is 0.794. The number of para-hydroxylation sites is 1. The van der Waals surface area contributed by atoms with Gasteiger partial charge in [0.1, 0.15) is 6.07 Å². The van der Waals surface area contributed by atoms with Crippen LogP contribution in [0.1, 0.15) is 25.8 Å². The van der Waals surface area contributed by atoms with E-state index >= 15 is 0 Å². The van der Waals surface area contributed by atoms with Gasteiger partial charge in [-0.2, -0.15) is 10.5 Å². The Bertz CT molecular complexity index is 463. The largest absolute Gasteiger partial charge is 0.373 e. The molecule has 0 aliphatic heterocycles. The fourth-order valence-corrected chi connectivity index (χ4v) is 1.52. The summed E-state index contributed by atoms with van der Waals surface area (Å²) in [6, 6.07) is 12.0. The molecular weight excluding hydrogens is 210 g/mol. The highest BCUT2D eigenvalue weighted by Crippen LogP contribution is 2.23. The minimum absolute atomic E-state index is 0.324. The van der Waals surface area contributed by atoms with Crippen molar-refractivity contribution in [2.45, 2.75) is 20.3 Å². The van der Waals surface area contributed by atoms with Crippen LogP contribution in [0.4, 0.5) is 5.69 Å². The molecule has 3 heteroatoms. The molecule has 0 aliphatic rings. The van der Waals surface area contributed by atoms with E-state index in [-0.39, 0.29) is 5.41 Å². The molecule has 0 fully saturated rings. The van der Waals surface area contributed by atoms with Crippen LogP contribution in [0.15, 0.2) is 24.3 Å². The van der Waals surface area contributed by atoms with Crippen molar-refractivity contribution >= 4 is 5.69 Å². The van der Waals surface area contributed by atoms with Crippen LogP contribution in [0.25, 0.3) is 0 Å². The second kappa shape index (κ2) is 5.37. The van der Waals surface area contributed by atoms with E-state index < -0.39 is 0 Å². The highest BCUT2D eigenvalue weighted by molar-refractivity contribution is 5.58. The molecule has 0 aromatic heterocycles. The first-order valence-electron chi connectivity index (χ1n) is 5.62. The van der Waals surface area contributed by atoms with E-state index in [0.29, 0.717) is 5.56 Å². The Kier molecular flexibility index (Phi) is 4.12. The van der Waals surface area contributed by atoms with Crippen molar-refractivity contribution in [1.82, 2.24) is 0 Å². The molecule has 0 heterocycles. The predicted molar refractivity (Wildman–Crippen MR) is 68.4 cm³/mol. The summed E-state index contributed by atoms with van der Waals surface area (Å²) in [5.41, 5.74) is 1.27. The number of nitrogens with zero attached hydrogens (tertiary/aromatic N) is 3. The zero-order valence-corrected chi connectivity index (χ0v) is 10.6. The molecule has 3 nitrogen and oxygen atoms in total. The molecule has 0 spiro atoms. The lowest BCUT2D eigenvalue weighted by Gasteiger charge is -2.24. The first-order valence-corrected chi connectivity index (χ1v) is 5.62. The molecule has 1 aromatic carbocycles. The lowest BCUT2D eigenvalue weighted by Crippen LogP contribution is -2.24. The Morgan fingerprint density at radius 2 is 1.88 bits per heavy atom. The predicted octanol–water partition coefficient (Wildman–Crippen LogP) is 2.93. The van der Waals surface area contributed by atoms with Crippen molar-refractivity contribution in [2.75, 3.05) is 18.5 Å². The van der Waals surface area contributed by atoms with Crippen LogP contribution in [0.3, 0.4) is 0 Å². The lowest BCUT2D eigenvalue weighted by molar-refractivity contribution is 0.455. The van der Waals surface area contributed by atoms with Crippen molar-refractivity contribution in [3.05, 3.63) is 29.8 Å². The molecule has 0 unspecified atom stereocenters. The van der Waals surface area contributed by atoms with Crippen LogP contribution in [-0.2, 0) is 0 Å². The number of hydrogen-bond donors (Lipinski definition) is 0. The summed E-state index contributed by atoms with van der Waals surface area (Å²) in [6.45, 7) is 4.62. The maximum Gasteiger partial charge on any atom is 0.101 e. The van der Waals surface area contributed by atoms with Crippen molar-refractivity contribution in [2.24, 2.45) is 5.41 Å². The molecule has 0 atom stereocenters. The van der Waals surface area contributed by atoms with Crippen molar-refractivity contribution < 1.29 is 0 Å². The first-order chi connectivity index (χ1) is 8.00. The molecule has 0 bridgehead atoms. The second-order valence-electron chi connectivity index (χ2n) is 4.80. The fraction of sp³-hybridized carbons (Fsp3) is 0.429. The zero-order valence-electron chi connectivity index (χ0n) is 10.6. The summed E-state index contributed by atoms with van der Waals surface area (Å²) in [6.07, 6.45) is 0.778. The van der Waals surface area contributed by atoms with Gasteiger partial charge >= 0.3 is 0 Å². The molecule has 0 N–H and O–H groups in total. The highest BCUT2D eigenvalue weighted by Gasteiger charge is 2.17. The Morgan fingerprint density at radius 1 is 1.24 bits per heavy atom. The Labute approximate surface area is 103 Å². The van der Waals surface area contributed by atoms with Crippen LogP contribution in [0, 0.1) is 28.1 Å². The van der Waals surface area contributed by atoms with Gasteiger partial charge in [0, 0.05) is 13.6 Å². The fourth-order valence-electron chi connectivity index (χ4n) is 1.52. The monoisotopic (exact) mass is 227 g/mol. The van der Waals surface area contributed by atoms with Crippen LogP contribution >= 0.6 is 0 Å². The molecule has 0 aliphatic carbocycles. The van der Waals surface area contributed by atoms with E-state index in [2.05, 4.69) is 12.1 Å². The summed E-state index contributed by atoms with van der Waals surface area (Å²) in [5, 5.41) is 18.0. The number of rotatable bonds is 4. The summed E-state index contributed by atoms with van der Waals surface area (Å²) in [5.74, 6) is 0. The molecular formula is C14H17N3. The van der Waals surface area contributed by atoms with Gasteiger partial charge < -0.3 is 4.90 Å². The zero-order chi connectivity index (χ0) is 12.9. The molecule has 1 aromatic rings. The van der Waals surface area contributed by atoms with Crippen LogP contribution < -0.4 is 4.90 Å². The van der Waals surface area contributed by atoms with Crippen LogP contribution in [0.5, 0.6) is 0 Å². The van der Waals surface area contributed by atoms with Crippen LogP contribution in [-0.4, -0.2) is 13.6 Å². The maximum absolute atomic E-state index is 9.01. The summed E-state index contributed by atoms with van der Waals surface area (Å²) < 4.78 is 0. The molecule has 0 radical (unpaired) electrons. The average Bonchev–Trinajstić information content (AvgIpc) is 2.36. The summed E-state index contributed by atoms with van der Waals surface area (Å²) in [4.78, 5) is 2.03. The lowest BCUT2D eigenvalue weighted by atomic mass is 9.91. The van der Waals surface area contributed by atoms with Crippen molar-refractivity contribution in [1.29, 1.82) is 10.5 Å². The van der Waals surface area contributed by atoms with E-state index in [4.69, 9.17) is 10.5 Å². The Hall–Kier alpha value is -2.00. The van der Waals surface area contributed by atoms with Gasteiger partial charge in [-0.15, -0.1) is 0 Å². The van der Waals surface area contributed by atoms with E-state index in [1.54, 1.807) is 6.07 Å². The second-order valence-corrected chi connectivity index (χ2v) is 4.80. The van der Waals surface area contributed by atoms with Gasteiger partial charge in [-0.05, 0) is 32.4 Å².